The largest absolute Gasteiger partial charge is 0.478 e. The van der Waals surface area contributed by atoms with Gasteiger partial charge in [-0.3, -0.25) is 0 Å². The van der Waals surface area contributed by atoms with Gasteiger partial charge in [-0.25, -0.2) is 4.79 Å². The first-order chi connectivity index (χ1) is 10.8. The van der Waals surface area contributed by atoms with E-state index >= 15 is 0 Å². The summed E-state index contributed by atoms with van der Waals surface area (Å²) in [5, 5.41) is 15.2. The highest BCUT2D eigenvalue weighted by Crippen LogP contribution is 2.30. The molecule has 2 aromatic rings. The topological polar surface area (TPSA) is 49.3 Å². The molecule has 1 aliphatic heterocycles. The van der Waals surface area contributed by atoms with Gasteiger partial charge in [0.2, 0.25) is 0 Å². The highest BCUT2D eigenvalue weighted by atomic mass is 16.4. The molecule has 0 unspecified atom stereocenters. The quantitative estimate of drug-likeness (QED) is 0.727. The molecule has 0 atom stereocenters. The molecule has 2 N–H and O–H groups in total. The summed E-state index contributed by atoms with van der Waals surface area (Å²) in [7, 11) is 0. The van der Waals surface area contributed by atoms with Crippen LogP contribution in [0.25, 0.3) is 22.8 Å². The van der Waals surface area contributed by atoms with Gasteiger partial charge in [-0.05, 0) is 84.7 Å². The number of hydrogen-bond acceptors (Lipinski definition) is 2. The van der Waals surface area contributed by atoms with E-state index in [-0.39, 0.29) is 5.54 Å². The average molecular weight is 305 g/mol. The Labute approximate surface area is 135 Å². The Kier molecular flexibility index (Phi) is 2.74. The summed E-state index contributed by atoms with van der Waals surface area (Å²) in [6.07, 6.45) is 3.10. The maximum Gasteiger partial charge on any atom is 0.335 e. The highest BCUT2D eigenvalue weighted by molar-refractivity contribution is 5.92. The molecule has 0 bridgehead atoms. The van der Waals surface area contributed by atoms with Crippen molar-refractivity contribution in [2.24, 2.45) is 0 Å². The van der Waals surface area contributed by atoms with Crippen LogP contribution >= 0.6 is 0 Å². The van der Waals surface area contributed by atoms with Gasteiger partial charge in [0.25, 0.3) is 0 Å². The van der Waals surface area contributed by atoms with E-state index in [1.807, 2.05) is 6.07 Å². The maximum absolute atomic E-state index is 11.2. The summed E-state index contributed by atoms with van der Waals surface area (Å²) in [5.74, 6) is -0.885. The standard InChI is InChI=1S/C20H19NO2/c1-11-10-20(2,3)21-18-8-14-7-13-6-12(19(22)23)4-5-15(13)17(14)9-16(11)18/h4-9,21H,10H2,1-3H3,(H,22,23). The van der Waals surface area contributed by atoms with Gasteiger partial charge in [-0.2, -0.15) is 0 Å². The second kappa shape index (κ2) is 4.48. The van der Waals surface area contributed by atoms with Crippen LogP contribution in [0.5, 0.6) is 0 Å². The summed E-state index contributed by atoms with van der Waals surface area (Å²) in [4.78, 5) is 11.2. The van der Waals surface area contributed by atoms with Gasteiger partial charge in [0.05, 0.1) is 5.56 Å². The monoisotopic (exact) mass is 305 g/mol. The normalized spacial score (nSPS) is 16.7. The Hall–Kier alpha value is -2.55. The van der Waals surface area contributed by atoms with Crippen LogP contribution in [-0.2, 0) is 0 Å². The van der Waals surface area contributed by atoms with E-state index in [1.54, 1.807) is 12.1 Å². The fourth-order valence-corrected chi connectivity index (χ4v) is 3.82. The van der Waals surface area contributed by atoms with Crippen molar-refractivity contribution < 1.29 is 9.90 Å². The van der Waals surface area contributed by atoms with E-state index in [0.717, 1.165) is 22.8 Å². The fourth-order valence-electron chi connectivity index (χ4n) is 3.82. The smallest absolute Gasteiger partial charge is 0.335 e. The van der Waals surface area contributed by atoms with Crippen molar-refractivity contribution in [2.75, 3.05) is 5.32 Å². The van der Waals surface area contributed by atoms with Crippen molar-refractivity contribution in [2.45, 2.75) is 32.7 Å². The molecule has 2 aliphatic rings. The third-order valence-electron chi connectivity index (χ3n) is 4.73. The summed E-state index contributed by atoms with van der Waals surface area (Å²) >= 11 is 0. The van der Waals surface area contributed by atoms with Crippen molar-refractivity contribution in [3.8, 4) is 11.1 Å². The van der Waals surface area contributed by atoms with E-state index in [0.29, 0.717) is 5.56 Å². The average Bonchev–Trinajstić information content (AvgIpc) is 2.80. The van der Waals surface area contributed by atoms with E-state index in [4.69, 9.17) is 0 Å². The number of nitrogens with one attached hydrogen (secondary N) is 1. The van der Waals surface area contributed by atoms with Gasteiger partial charge in [-0.1, -0.05) is 11.6 Å². The van der Waals surface area contributed by atoms with Gasteiger partial charge in [0.1, 0.15) is 0 Å². The van der Waals surface area contributed by atoms with Crippen LogP contribution in [0.4, 0.5) is 5.69 Å². The molecule has 1 aliphatic carbocycles. The Morgan fingerprint density at radius 2 is 1.96 bits per heavy atom. The summed E-state index contributed by atoms with van der Waals surface area (Å²) in [6, 6.07) is 9.79. The van der Waals surface area contributed by atoms with Crippen molar-refractivity contribution in [3.63, 3.8) is 0 Å². The Morgan fingerprint density at radius 1 is 1.17 bits per heavy atom. The molecule has 1 heterocycles. The first kappa shape index (κ1) is 14.1. The Morgan fingerprint density at radius 3 is 2.70 bits per heavy atom. The number of fused-ring (bicyclic) bond motifs is 4. The molecule has 0 saturated carbocycles. The number of carboxylic acids is 1. The summed E-state index contributed by atoms with van der Waals surface area (Å²) < 4.78 is 0. The van der Waals surface area contributed by atoms with Crippen LogP contribution in [0.3, 0.4) is 0 Å². The molecule has 3 nitrogen and oxygen atoms in total. The predicted molar refractivity (Wildman–Crippen MR) is 93.1 cm³/mol. The number of benzene rings is 2. The molecule has 0 amide bonds. The zero-order valence-electron chi connectivity index (χ0n) is 13.5. The molecule has 0 aromatic heterocycles. The predicted octanol–water partition coefficient (Wildman–Crippen LogP) is 2.96. The first-order valence-corrected chi connectivity index (χ1v) is 7.85. The molecular formula is C20H19NO2. The lowest BCUT2D eigenvalue weighted by molar-refractivity contribution is 0.0697. The molecule has 0 spiro atoms. The van der Waals surface area contributed by atoms with Crippen molar-refractivity contribution in [1.82, 2.24) is 0 Å². The molecule has 2 aromatic carbocycles. The highest BCUT2D eigenvalue weighted by Gasteiger charge is 2.25. The zero-order valence-corrected chi connectivity index (χ0v) is 13.5. The van der Waals surface area contributed by atoms with Crippen LogP contribution in [0.2, 0.25) is 0 Å². The van der Waals surface area contributed by atoms with Crippen LogP contribution in [0.1, 0.15) is 43.1 Å². The Balaban J connectivity index is 1.95. The number of aromatic carboxylic acids is 1. The number of hydrogen-bond donors (Lipinski definition) is 2. The fraction of sp³-hybridized carbons (Fsp3) is 0.250. The number of carboxylic acid groups (broad SMARTS) is 1. The molecule has 4 rings (SSSR count). The molecule has 0 fully saturated rings. The van der Waals surface area contributed by atoms with Gasteiger partial charge in [-0.15, -0.1) is 0 Å². The zero-order chi connectivity index (χ0) is 16.4. The van der Waals surface area contributed by atoms with Crippen LogP contribution in [0, 0.1) is 0 Å². The molecular weight excluding hydrogens is 286 g/mol. The lowest BCUT2D eigenvalue weighted by Crippen LogP contribution is -2.39. The first-order valence-electron chi connectivity index (χ1n) is 7.85. The molecule has 116 valence electrons. The number of anilines is 1. The number of rotatable bonds is 1. The summed E-state index contributed by atoms with van der Waals surface area (Å²) in [5.41, 5.74) is 6.25. The second-order valence-corrected chi connectivity index (χ2v) is 7.20. The van der Waals surface area contributed by atoms with E-state index < -0.39 is 5.97 Å². The van der Waals surface area contributed by atoms with E-state index in [2.05, 4.69) is 44.3 Å². The lowest BCUT2D eigenvalue weighted by Gasteiger charge is -2.32. The van der Waals surface area contributed by atoms with Crippen LogP contribution < -0.4 is 15.8 Å². The number of carbonyl (C=O) groups is 1. The van der Waals surface area contributed by atoms with Gasteiger partial charge >= 0.3 is 5.97 Å². The van der Waals surface area contributed by atoms with Crippen LogP contribution in [-0.4, -0.2) is 16.6 Å². The molecule has 0 saturated heterocycles. The Bertz CT molecular complexity index is 983. The lowest BCUT2D eigenvalue weighted by atomic mass is 9.89. The van der Waals surface area contributed by atoms with Crippen molar-refractivity contribution >= 4 is 23.3 Å². The third kappa shape index (κ3) is 2.15. The maximum atomic E-state index is 11.2. The minimum atomic E-state index is -0.885. The minimum absolute atomic E-state index is 0.0628. The van der Waals surface area contributed by atoms with Crippen molar-refractivity contribution in [1.29, 1.82) is 0 Å². The SMILES string of the molecule is CC1=c2cc3c(cc2NC(C)(C)C1)=Cc1cc(C(=O)O)ccc1-3. The minimum Gasteiger partial charge on any atom is -0.478 e. The molecule has 3 heteroatoms. The van der Waals surface area contributed by atoms with E-state index in [1.165, 1.54) is 22.0 Å². The van der Waals surface area contributed by atoms with Crippen LogP contribution in [0.15, 0.2) is 30.3 Å². The van der Waals surface area contributed by atoms with E-state index in [9.17, 15) is 9.90 Å². The third-order valence-corrected chi connectivity index (χ3v) is 4.73. The van der Waals surface area contributed by atoms with Gasteiger partial charge < -0.3 is 10.4 Å². The summed E-state index contributed by atoms with van der Waals surface area (Å²) in [6.45, 7) is 6.62. The molecule has 0 radical (unpaired) electrons. The van der Waals surface area contributed by atoms with Crippen molar-refractivity contribution in [3.05, 3.63) is 51.9 Å². The van der Waals surface area contributed by atoms with Gasteiger partial charge in [0, 0.05) is 11.2 Å². The second-order valence-electron chi connectivity index (χ2n) is 7.20. The molecule has 23 heavy (non-hydrogen) atoms. The van der Waals surface area contributed by atoms with Gasteiger partial charge in [0.15, 0.2) is 0 Å².